The van der Waals surface area contributed by atoms with Gasteiger partial charge in [-0.05, 0) is 28.3 Å². The van der Waals surface area contributed by atoms with E-state index in [1.807, 2.05) is 13.8 Å². The van der Waals surface area contributed by atoms with Gasteiger partial charge in [-0.2, -0.15) is 24.5 Å². The van der Waals surface area contributed by atoms with Gasteiger partial charge in [-0.15, -0.1) is 0 Å². The molecule has 0 aliphatic carbocycles. The summed E-state index contributed by atoms with van der Waals surface area (Å²) in [4.78, 5) is 13.0. The minimum atomic E-state index is -4.39. The fourth-order valence-electron chi connectivity index (χ4n) is 2.18. The summed E-state index contributed by atoms with van der Waals surface area (Å²) >= 11 is 1.40. The van der Waals surface area contributed by atoms with Crippen LogP contribution in [0, 0.1) is 5.92 Å². The number of hydrogen-bond donors (Lipinski definition) is 1. The third kappa shape index (κ3) is 3.09. The van der Waals surface area contributed by atoms with E-state index in [4.69, 9.17) is 0 Å². The van der Waals surface area contributed by atoms with Gasteiger partial charge in [0.25, 0.3) is 0 Å². The maximum absolute atomic E-state index is 12.6. The number of hydrogen-bond acceptors (Lipinski definition) is 3. The molecule has 0 spiro atoms. The van der Waals surface area contributed by atoms with Gasteiger partial charge in [-0.3, -0.25) is 10.1 Å². The van der Waals surface area contributed by atoms with E-state index >= 15 is 0 Å². The molecule has 0 saturated carbocycles. The molecular weight excluding hydrogens is 277 g/mol. The van der Waals surface area contributed by atoms with Gasteiger partial charge in [-0.1, -0.05) is 13.8 Å². The predicted octanol–water partition coefficient (Wildman–Crippen LogP) is 2.77. The molecule has 0 aromatic carbocycles. The Morgan fingerprint density at radius 3 is 2.63 bits per heavy atom. The molecule has 1 aliphatic heterocycles. The van der Waals surface area contributed by atoms with Gasteiger partial charge >= 0.3 is 6.18 Å². The van der Waals surface area contributed by atoms with Crippen LogP contribution >= 0.6 is 11.3 Å². The van der Waals surface area contributed by atoms with E-state index in [9.17, 15) is 18.0 Å². The van der Waals surface area contributed by atoms with E-state index in [1.54, 1.807) is 16.8 Å². The number of amides is 1. The van der Waals surface area contributed by atoms with Crippen LogP contribution in [0.5, 0.6) is 0 Å². The zero-order chi connectivity index (χ0) is 14.2. The van der Waals surface area contributed by atoms with Crippen LogP contribution in [0.15, 0.2) is 16.8 Å². The first-order chi connectivity index (χ1) is 8.79. The number of alkyl halides is 3. The Hall–Kier alpha value is -1.08. The van der Waals surface area contributed by atoms with E-state index in [0.29, 0.717) is 5.56 Å². The Labute approximate surface area is 113 Å². The van der Waals surface area contributed by atoms with Crippen LogP contribution in [0.3, 0.4) is 0 Å². The second-order valence-electron chi connectivity index (χ2n) is 4.93. The Balaban J connectivity index is 2.26. The summed E-state index contributed by atoms with van der Waals surface area (Å²) in [6.07, 6.45) is -5.08. The predicted molar refractivity (Wildman–Crippen MR) is 66.6 cm³/mol. The molecule has 1 N–H and O–H groups in total. The fourth-order valence-corrected chi connectivity index (χ4v) is 2.86. The van der Waals surface area contributed by atoms with E-state index < -0.39 is 30.8 Å². The summed E-state index contributed by atoms with van der Waals surface area (Å²) in [6.45, 7) is 2.41. The van der Waals surface area contributed by atoms with E-state index in [2.05, 4.69) is 5.32 Å². The van der Waals surface area contributed by atoms with Crippen molar-refractivity contribution in [3.05, 3.63) is 22.4 Å². The third-order valence-electron chi connectivity index (χ3n) is 3.07. The average molecular weight is 292 g/mol. The SMILES string of the molecule is CC(C)C1NC(c2ccsc2)N(CC(F)(F)F)C1=O. The standard InChI is InChI=1S/C12H15F3N2OS/c1-7(2)9-11(18)17(6-12(13,14)15)10(16-9)8-3-4-19-5-8/h3-5,7,9-10,16H,6H2,1-2H3. The van der Waals surface area contributed by atoms with Crippen LogP contribution in [0.4, 0.5) is 13.2 Å². The number of thiophene rings is 1. The fraction of sp³-hybridized carbons (Fsp3) is 0.583. The number of rotatable bonds is 3. The summed E-state index contributed by atoms with van der Waals surface area (Å²) in [5.41, 5.74) is 0.700. The Kier molecular flexibility index (Phi) is 3.87. The average Bonchev–Trinajstić information content (AvgIpc) is 2.86. The lowest BCUT2D eigenvalue weighted by Gasteiger charge is -2.24. The van der Waals surface area contributed by atoms with E-state index in [1.165, 1.54) is 11.3 Å². The molecule has 106 valence electrons. The molecule has 2 heterocycles. The topological polar surface area (TPSA) is 32.3 Å². The monoisotopic (exact) mass is 292 g/mol. The Morgan fingerprint density at radius 2 is 2.16 bits per heavy atom. The lowest BCUT2D eigenvalue weighted by Crippen LogP contribution is -2.39. The first-order valence-corrected chi connectivity index (χ1v) is 6.89. The largest absolute Gasteiger partial charge is 0.406 e. The lowest BCUT2D eigenvalue weighted by molar-refractivity contribution is -0.162. The normalized spacial score (nSPS) is 24.5. The van der Waals surface area contributed by atoms with Crippen molar-refractivity contribution in [3.8, 4) is 0 Å². The molecule has 3 nitrogen and oxygen atoms in total. The molecular formula is C12H15F3N2OS. The first-order valence-electron chi connectivity index (χ1n) is 5.95. The van der Waals surface area contributed by atoms with Crippen LogP contribution in [-0.2, 0) is 4.79 Å². The molecule has 0 radical (unpaired) electrons. The molecule has 1 fully saturated rings. The Bertz CT molecular complexity index is 444. The minimum absolute atomic E-state index is 0.0492. The van der Waals surface area contributed by atoms with Crippen molar-refractivity contribution < 1.29 is 18.0 Å². The van der Waals surface area contributed by atoms with Crippen LogP contribution in [-0.4, -0.2) is 29.6 Å². The number of carbonyl (C=O) groups excluding carboxylic acids is 1. The number of halogens is 3. The summed E-state index contributed by atoms with van der Waals surface area (Å²) in [7, 11) is 0. The van der Waals surface area contributed by atoms with Crippen LogP contribution in [0.25, 0.3) is 0 Å². The van der Waals surface area contributed by atoms with Gasteiger partial charge in [0.1, 0.15) is 12.7 Å². The minimum Gasteiger partial charge on any atom is -0.312 e. The van der Waals surface area contributed by atoms with Gasteiger partial charge < -0.3 is 4.90 Å². The van der Waals surface area contributed by atoms with Gasteiger partial charge in [0, 0.05) is 0 Å². The van der Waals surface area contributed by atoms with Crippen LogP contribution in [0.1, 0.15) is 25.6 Å². The summed E-state index contributed by atoms with van der Waals surface area (Å²) in [6, 6.07) is 1.18. The Morgan fingerprint density at radius 1 is 1.47 bits per heavy atom. The second kappa shape index (κ2) is 5.13. The smallest absolute Gasteiger partial charge is 0.312 e. The van der Waals surface area contributed by atoms with Crippen molar-refractivity contribution in [2.24, 2.45) is 5.92 Å². The lowest BCUT2D eigenvalue weighted by atomic mass is 10.1. The maximum atomic E-state index is 12.6. The number of nitrogens with zero attached hydrogens (tertiary/aromatic N) is 1. The molecule has 2 rings (SSSR count). The van der Waals surface area contributed by atoms with Crippen molar-refractivity contribution in [2.75, 3.05) is 6.54 Å². The quantitative estimate of drug-likeness (QED) is 0.929. The molecule has 1 aromatic heterocycles. The highest BCUT2D eigenvalue weighted by atomic mass is 32.1. The van der Waals surface area contributed by atoms with E-state index in [0.717, 1.165) is 4.90 Å². The highest BCUT2D eigenvalue weighted by Gasteiger charge is 2.45. The molecule has 7 heteroatoms. The van der Waals surface area contributed by atoms with Gasteiger partial charge in [0.15, 0.2) is 0 Å². The molecule has 2 atom stereocenters. The van der Waals surface area contributed by atoms with E-state index in [-0.39, 0.29) is 5.92 Å². The maximum Gasteiger partial charge on any atom is 0.406 e. The molecule has 0 bridgehead atoms. The number of carbonyl (C=O) groups is 1. The van der Waals surface area contributed by atoms with Gasteiger partial charge in [-0.25, -0.2) is 0 Å². The first kappa shape index (κ1) is 14.3. The van der Waals surface area contributed by atoms with Gasteiger partial charge in [0.2, 0.25) is 5.91 Å². The highest BCUT2D eigenvalue weighted by molar-refractivity contribution is 7.07. The van der Waals surface area contributed by atoms with Crippen molar-refractivity contribution in [3.63, 3.8) is 0 Å². The zero-order valence-corrected chi connectivity index (χ0v) is 11.4. The molecule has 1 aliphatic rings. The molecule has 1 saturated heterocycles. The zero-order valence-electron chi connectivity index (χ0n) is 10.6. The summed E-state index contributed by atoms with van der Waals surface area (Å²) in [5, 5.41) is 6.55. The highest BCUT2D eigenvalue weighted by Crippen LogP contribution is 2.32. The summed E-state index contributed by atoms with van der Waals surface area (Å²) in [5.74, 6) is -0.532. The van der Waals surface area contributed by atoms with Crippen molar-refractivity contribution in [2.45, 2.75) is 32.2 Å². The van der Waals surface area contributed by atoms with Crippen molar-refractivity contribution in [1.82, 2.24) is 10.2 Å². The van der Waals surface area contributed by atoms with Crippen LogP contribution < -0.4 is 5.32 Å². The molecule has 1 amide bonds. The molecule has 2 unspecified atom stereocenters. The molecule has 1 aromatic rings. The van der Waals surface area contributed by atoms with Crippen molar-refractivity contribution >= 4 is 17.2 Å². The van der Waals surface area contributed by atoms with Crippen LogP contribution in [0.2, 0.25) is 0 Å². The molecule has 19 heavy (non-hydrogen) atoms. The van der Waals surface area contributed by atoms with Crippen molar-refractivity contribution in [1.29, 1.82) is 0 Å². The number of nitrogens with one attached hydrogen (secondary N) is 1. The second-order valence-corrected chi connectivity index (χ2v) is 5.71. The summed E-state index contributed by atoms with van der Waals surface area (Å²) < 4.78 is 37.8. The van der Waals surface area contributed by atoms with Gasteiger partial charge in [0.05, 0.1) is 6.04 Å². The third-order valence-corrected chi connectivity index (χ3v) is 3.77.